The Morgan fingerprint density at radius 1 is 1.56 bits per heavy atom. The number of rotatable bonds is 2. The van der Waals surface area contributed by atoms with Crippen molar-refractivity contribution in [1.82, 2.24) is 5.32 Å². The summed E-state index contributed by atoms with van der Waals surface area (Å²) >= 11 is 11.9. The molecule has 7 heteroatoms. The van der Waals surface area contributed by atoms with E-state index in [4.69, 9.17) is 28.6 Å². The highest BCUT2D eigenvalue weighted by molar-refractivity contribution is 8.26. The van der Waals surface area contributed by atoms with E-state index in [0.29, 0.717) is 19.8 Å². The van der Waals surface area contributed by atoms with Gasteiger partial charge < -0.3 is 15.2 Å². The summed E-state index contributed by atoms with van der Waals surface area (Å²) in [6.07, 6.45) is 1.52. The Hall–Kier alpha value is -1.24. The molecule has 94 valence electrons. The molecule has 0 aromatic heterocycles. The first-order chi connectivity index (χ1) is 8.51. The molecular formula is C11H8ClNO3S2. The topological polar surface area (TPSA) is 58.6 Å². The number of halogens is 1. The predicted octanol–water partition coefficient (Wildman–Crippen LogP) is 2.54. The number of hydrogen-bond acceptors (Lipinski definition) is 5. The lowest BCUT2D eigenvalue weighted by Crippen LogP contribution is -2.17. The molecule has 0 radical (unpaired) electrons. The fraction of sp³-hybridized carbons (Fsp3) is 0.0909. The Morgan fingerprint density at radius 3 is 2.83 bits per heavy atom. The third kappa shape index (κ3) is 2.60. The van der Waals surface area contributed by atoms with E-state index >= 15 is 0 Å². The molecule has 1 fully saturated rings. The van der Waals surface area contributed by atoms with Gasteiger partial charge >= 0.3 is 0 Å². The monoisotopic (exact) mass is 301 g/mol. The first kappa shape index (κ1) is 13.2. The summed E-state index contributed by atoms with van der Waals surface area (Å²) in [5.74, 6) is -0.107. The van der Waals surface area contributed by atoms with Crippen molar-refractivity contribution in [3.8, 4) is 11.5 Å². The van der Waals surface area contributed by atoms with Crippen LogP contribution < -0.4 is 10.1 Å². The Kier molecular flexibility index (Phi) is 3.79. The summed E-state index contributed by atoms with van der Waals surface area (Å²) in [7, 11) is 1.43. The molecule has 0 atom stereocenters. The Morgan fingerprint density at radius 2 is 2.28 bits per heavy atom. The van der Waals surface area contributed by atoms with Crippen molar-refractivity contribution in [2.24, 2.45) is 0 Å². The van der Waals surface area contributed by atoms with Crippen molar-refractivity contribution in [3.63, 3.8) is 0 Å². The highest BCUT2D eigenvalue weighted by atomic mass is 35.5. The predicted molar refractivity (Wildman–Crippen MR) is 76.0 cm³/mol. The number of methoxy groups -OCH3 is 1. The number of ether oxygens (including phenoxy) is 1. The lowest BCUT2D eigenvalue weighted by molar-refractivity contribution is -0.115. The summed E-state index contributed by atoms with van der Waals surface area (Å²) in [5, 5.41) is 12.8. The van der Waals surface area contributed by atoms with Crippen LogP contribution in [0.25, 0.3) is 6.08 Å². The second-order valence-electron chi connectivity index (χ2n) is 3.40. The average Bonchev–Trinajstić information content (AvgIpc) is 2.62. The van der Waals surface area contributed by atoms with E-state index in [1.807, 2.05) is 0 Å². The number of carbonyl (C=O) groups is 1. The number of thiocarbonyl (C=S) groups is 1. The minimum atomic E-state index is -0.289. The van der Waals surface area contributed by atoms with Crippen molar-refractivity contribution < 1.29 is 14.6 Å². The summed E-state index contributed by atoms with van der Waals surface area (Å²) < 4.78 is 5.37. The van der Waals surface area contributed by atoms with Crippen molar-refractivity contribution in [2.45, 2.75) is 0 Å². The van der Waals surface area contributed by atoms with Crippen LogP contribution in [0.1, 0.15) is 5.56 Å². The first-order valence-electron chi connectivity index (χ1n) is 4.82. The van der Waals surface area contributed by atoms with Crippen LogP contribution in [-0.2, 0) is 4.79 Å². The highest BCUT2D eigenvalue weighted by Gasteiger charge is 2.23. The van der Waals surface area contributed by atoms with Gasteiger partial charge in [-0.1, -0.05) is 35.6 Å². The van der Waals surface area contributed by atoms with Crippen LogP contribution in [0.4, 0.5) is 0 Å². The molecule has 1 aromatic rings. The van der Waals surface area contributed by atoms with Crippen LogP contribution in [0.3, 0.4) is 0 Å². The van der Waals surface area contributed by atoms with Crippen molar-refractivity contribution in [1.29, 1.82) is 0 Å². The first-order valence-corrected chi connectivity index (χ1v) is 6.43. The van der Waals surface area contributed by atoms with Gasteiger partial charge in [-0.2, -0.15) is 0 Å². The minimum Gasteiger partial charge on any atom is -0.504 e. The van der Waals surface area contributed by atoms with E-state index in [1.54, 1.807) is 6.07 Å². The fourth-order valence-electron chi connectivity index (χ4n) is 1.42. The van der Waals surface area contributed by atoms with E-state index < -0.39 is 0 Å². The number of aromatic hydroxyl groups is 1. The quantitative estimate of drug-likeness (QED) is 0.649. The molecule has 0 bridgehead atoms. The van der Waals surface area contributed by atoms with Crippen LogP contribution in [0, 0.1) is 0 Å². The van der Waals surface area contributed by atoms with E-state index in [-0.39, 0.29) is 17.4 Å². The summed E-state index contributed by atoms with van der Waals surface area (Å²) in [6, 6.07) is 3.03. The summed E-state index contributed by atoms with van der Waals surface area (Å²) in [6.45, 7) is 0. The maximum Gasteiger partial charge on any atom is 0.263 e. The number of benzene rings is 1. The van der Waals surface area contributed by atoms with Gasteiger partial charge in [-0.15, -0.1) is 0 Å². The fourth-order valence-corrected chi connectivity index (χ4v) is 2.67. The number of thioether (sulfide) groups is 1. The van der Waals surface area contributed by atoms with Crippen LogP contribution in [-0.4, -0.2) is 22.4 Å². The molecule has 1 amide bonds. The van der Waals surface area contributed by atoms with E-state index in [9.17, 15) is 9.90 Å². The number of carbonyl (C=O) groups excluding carboxylic acids is 1. The number of nitrogens with one attached hydrogen (secondary N) is 1. The molecule has 1 saturated heterocycles. The zero-order valence-electron chi connectivity index (χ0n) is 9.19. The van der Waals surface area contributed by atoms with Gasteiger partial charge in [0.15, 0.2) is 11.5 Å². The molecule has 0 aliphatic carbocycles. The lowest BCUT2D eigenvalue weighted by Gasteiger charge is -2.07. The van der Waals surface area contributed by atoms with Crippen LogP contribution in [0.2, 0.25) is 5.02 Å². The van der Waals surface area contributed by atoms with Crippen LogP contribution >= 0.6 is 35.6 Å². The maximum atomic E-state index is 11.5. The van der Waals surface area contributed by atoms with Gasteiger partial charge in [0.2, 0.25) is 0 Å². The smallest absolute Gasteiger partial charge is 0.263 e. The molecule has 0 unspecified atom stereocenters. The van der Waals surface area contributed by atoms with Gasteiger partial charge in [0, 0.05) is 16.7 Å². The van der Waals surface area contributed by atoms with Crippen LogP contribution in [0.5, 0.6) is 11.5 Å². The molecule has 0 saturated carbocycles. The van der Waals surface area contributed by atoms with Crippen molar-refractivity contribution >= 4 is 51.9 Å². The molecule has 1 aromatic carbocycles. The van der Waals surface area contributed by atoms with Gasteiger partial charge in [0.25, 0.3) is 5.91 Å². The summed E-state index contributed by atoms with van der Waals surface area (Å²) in [5.41, 5.74) is 0.404. The highest BCUT2D eigenvalue weighted by Crippen LogP contribution is 2.36. The van der Waals surface area contributed by atoms with Gasteiger partial charge in [0.05, 0.1) is 12.0 Å². The van der Waals surface area contributed by atoms with Crippen molar-refractivity contribution in [3.05, 3.63) is 27.6 Å². The van der Waals surface area contributed by atoms with Gasteiger partial charge in [0.1, 0.15) is 4.32 Å². The molecular weight excluding hydrogens is 294 g/mol. The number of hydrogen-bond donors (Lipinski definition) is 2. The Labute approximate surface area is 118 Å². The lowest BCUT2D eigenvalue weighted by atomic mass is 10.1. The molecule has 4 nitrogen and oxygen atoms in total. The van der Waals surface area contributed by atoms with E-state index in [1.165, 1.54) is 19.3 Å². The normalized spacial score (nSPS) is 17.1. The molecule has 1 heterocycles. The number of phenols is 1. The molecule has 2 rings (SSSR count). The molecule has 18 heavy (non-hydrogen) atoms. The van der Waals surface area contributed by atoms with Gasteiger partial charge in [-0.05, 0) is 12.1 Å². The van der Waals surface area contributed by atoms with Crippen molar-refractivity contribution in [2.75, 3.05) is 7.11 Å². The zero-order valence-corrected chi connectivity index (χ0v) is 11.6. The third-order valence-corrected chi connectivity index (χ3v) is 3.60. The molecule has 0 spiro atoms. The standard InChI is InChI=1S/C11H8ClNO3S2/c1-16-7-4-6(12)2-5(9(7)14)3-8-10(15)13-11(17)18-8/h2-4,14H,1H3,(H,13,15,17). The minimum absolute atomic E-state index is 0.0689. The van der Waals surface area contributed by atoms with E-state index in [0.717, 1.165) is 11.8 Å². The largest absolute Gasteiger partial charge is 0.504 e. The van der Waals surface area contributed by atoms with Gasteiger partial charge in [-0.25, -0.2) is 0 Å². The Balaban J connectivity index is 2.46. The second kappa shape index (κ2) is 5.17. The number of amides is 1. The maximum absolute atomic E-state index is 11.5. The second-order valence-corrected chi connectivity index (χ2v) is 5.55. The Bertz CT molecular complexity index is 572. The SMILES string of the molecule is COc1cc(Cl)cc(C=C2SC(=S)NC2=O)c1O. The molecule has 1 aliphatic rings. The summed E-state index contributed by atoms with van der Waals surface area (Å²) in [4.78, 5) is 11.9. The van der Waals surface area contributed by atoms with E-state index in [2.05, 4.69) is 5.32 Å². The zero-order chi connectivity index (χ0) is 13.3. The van der Waals surface area contributed by atoms with Gasteiger partial charge in [-0.3, -0.25) is 4.79 Å². The number of phenolic OH excluding ortho intramolecular Hbond substituents is 1. The molecule has 2 N–H and O–H groups in total. The van der Waals surface area contributed by atoms with Crippen LogP contribution in [0.15, 0.2) is 17.0 Å². The third-order valence-electron chi connectivity index (χ3n) is 2.22. The molecule has 1 aliphatic heterocycles. The average molecular weight is 302 g/mol.